The lowest BCUT2D eigenvalue weighted by Gasteiger charge is -2.05. The van der Waals surface area contributed by atoms with Gasteiger partial charge < -0.3 is 16.2 Å². The molecule has 1 aromatic carbocycles. The molecular formula is C12H15FN2O2. The molecule has 0 unspecified atom stereocenters. The van der Waals surface area contributed by atoms with E-state index in [1.807, 2.05) is 13.1 Å². The quantitative estimate of drug-likeness (QED) is 0.539. The second-order valence-corrected chi connectivity index (χ2v) is 3.56. The molecular weight excluding hydrogens is 223 g/mol. The summed E-state index contributed by atoms with van der Waals surface area (Å²) in [5.41, 5.74) is 5.91. The maximum absolute atomic E-state index is 13.2. The molecule has 0 heterocycles. The zero-order chi connectivity index (χ0) is 12.8. The summed E-state index contributed by atoms with van der Waals surface area (Å²) in [6, 6.07) is 2.14. The van der Waals surface area contributed by atoms with Crippen LogP contribution in [0.5, 0.6) is 0 Å². The number of hydrogen-bond acceptors (Lipinski definition) is 3. The largest absolute Gasteiger partial charge is 0.478 e. The van der Waals surface area contributed by atoms with Crippen LogP contribution in [-0.2, 0) is 0 Å². The van der Waals surface area contributed by atoms with E-state index in [0.29, 0.717) is 5.56 Å². The summed E-state index contributed by atoms with van der Waals surface area (Å²) >= 11 is 0. The Bertz CT molecular complexity index is 444. The molecule has 0 bridgehead atoms. The molecule has 0 amide bonds. The van der Waals surface area contributed by atoms with Crippen molar-refractivity contribution in [1.29, 1.82) is 0 Å². The van der Waals surface area contributed by atoms with Gasteiger partial charge in [0.1, 0.15) is 5.82 Å². The average Bonchev–Trinajstić information content (AvgIpc) is 2.28. The number of anilines is 1. The molecule has 0 atom stereocenters. The number of nitrogen functional groups attached to an aromatic ring is 1. The van der Waals surface area contributed by atoms with Gasteiger partial charge in [-0.25, -0.2) is 9.18 Å². The second kappa shape index (κ2) is 6.00. The van der Waals surface area contributed by atoms with Crippen molar-refractivity contribution >= 4 is 17.7 Å². The molecule has 0 spiro atoms. The number of nitrogens with two attached hydrogens (primary N) is 1. The van der Waals surface area contributed by atoms with Crippen molar-refractivity contribution in [1.82, 2.24) is 5.32 Å². The third kappa shape index (κ3) is 3.57. The number of carboxylic acids is 1. The Morgan fingerprint density at radius 3 is 2.88 bits per heavy atom. The van der Waals surface area contributed by atoms with Gasteiger partial charge in [-0.05, 0) is 32.1 Å². The lowest BCUT2D eigenvalue weighted by atomic mass is 10.1. The third-order valence-electron chi connectivity index (χ3n) is 2.27. The van der Waals surface area contributed by atoms with Crippen LogP contribution >= 0.6 is 0 Å². The summed E-state index contributed by atoms with van der Waals surface area (Å²) in [6.45, 7) is 0.789. The maximum Gasteiger partial charge on any atom is 0.337 e. The fourth-order valence-electron chi connectivity index (χ4n) is 1.39. The first-order valence-corrected chi connectivity index (χ1v) is 5.19. The van der Waals surface area contributed by atoms with Crippen molar-refractivity contribution < 1.29 is 14.3 Å². The molecule has 0 aliphatic carbocycles. The molecule has 0 saturated carbocycles. The summed E-state index contributed by atoms with van der Waals surface area (Å²) in [5.74, 6) is -1.84. The van der Waals surface area contributed by atoms with Crippen molar-refractivity contribution in [2.45, 2.75) is 6.42 Å². The topological polar surface area (TPSA) is 75.3 Å². The minimum absolute atomic E-state index is 0.0830. The molecule has 0 radical (unpaired) electrons. The number of hydrogen-bond donors (Lipinski definition) is 3. The van der Waals surface area contributed by atoms with E-state index in [2.05, 4.69) is 5.32 Å². The predicted molar refractivity (Wildman–Crippen MR) is 65.3 cm³/mol. The first-order valence-electron chi connectivity index (χ1n) is 5.19. The Hall–Kier alpha value is -1.88. The molecule has 92 valence electrons. The second-order valence-electron chi connectivity index (χ2n) is 3.56. The van der Waals surface area contributed by atoms with Crippen molar-refractivity contribution in [3.63, 3.8) is 0 Å². The number of carbonyl (C=O) groups is 1. The van der Waals surface area contributed by atoms with Gasteiger partial charge in [-0.1, -0.05) is 12.2 Å². The molecule has 0 aliphatic heterocycles. The van der Waals surface area contributed by atoms with Crippen molar-refractivity contribution in [3.05, 3.63) is 35.2 Å². The molecule has 4 nitrogen and oxygen atoms in total. The van der Waals surface area contributed by atoms with Gasteiger partial charge in [0.25, 0.3) is 0 Å². The molecule has 0 aliphatic rings. The van der Waals surface area contributed by atoms with Crippen molar-refractivity contribution in [2.24, 2.45) is 0 Å². The number of nitrogens with one attached hydrogen (secondary N) is 1. The highest BCUT2D eigenvalue weighted by Gasteiger charge is 2.12. The van der Waals surface area contributed by atoms with Gasteiger partial charge >= 0.3 is 5.97 Å². The molecule has 0 fully saturated rings. The summed E-state index contributed by atoms with van der Waals surface area (Å²) in [7, 11) is 1.83. The van der Waals surface area contributed by atoms with E-state index in [0.717, 1.165) is 19.0 Å². The van der Waals surface area contributed by atoms with E-state index in [9.17, 15) is 9.18 Å². The SMILES string of the molecule is CNCCC=Cc1cc(F)cc(C(=O)O)c1N. The fraction of sp³-hybridized carbons (Fsp3) is 0.250. The molecule has 4 N–H and O–H groups in total. The van der Waals surface area contributed by atoms with Gasteiger partial charge in [0.15, 0.2) is 0 Å². The van der Waals surface area contributed by atoms with E-state index in [1.165, 1.54) is 6.07 Å². The third-order valence-corrected chi connectivity index (χ3v) is 2.27. The van der Waals surface area contributed by atoms with Crippen LogP contribution < -0.4 is 11.1 Å². The van der Waals surface area contributed by atoms with E-state index in [-0.39, 0.29) is 11.3 Å². The molecule has 5 heteroatoms. The van der Waals surface area contributed by atoms with Gasteiger partial charge in [0, 0.05) is 5.56 Å². The standard InChI is InChI=1S/C12H15FN2O2/c1-15-5-3-2-4-8-6-9(13)7-10(11(8)14)12(16)17/h2,4,6-7,15H,3,5,14H2,1H3,(H,16,17). The molecule has 0 saturated heterocycles. The van der Waals surface area contributed by atoms with Gasteiger partial charge in [-0.3, -0.25) is 0 Å². The Balaban J connectivity index is 2.99. The van der Waals surface area contributed by atoms with Crippen LogP contribution in [0.25, 0.3) is 6.08 Å². The zero-order valence-electron chi connectivity index (χ0n) is 9.53. The van der Waals surface area contributed by atoms with Crippen LogP contribution in [0.1, 0.15) is 22.3 Å². The van der Waals surface area contributed by atoms with E-state index >= 15 is 0 Å². The van der Waals surface area contributed by atoms with Crippen molar-refractivity contribution in [2.75, 3.05) is 19.3 Å². The predicted octanol–water partition coefficient (Wildman–Crippen LogP) is 1.73. The van der Waals surface area contributed by atoms with Crippen LogP contribution in [0.15, 0.2) is 18.2 Å². The monoisotopic (exact) mass is 238 g/mol. The van der Waals surface area contributed by atoms with Crippen molar-refractivity contribution in [3.8, 4) is 0 Å². The molecule has 1 aromatic rings. The minimum Gasteiger partial charge on any atom is -0.478 e. The normalized spacial score (nSPS) is 10.9. The highest BCUT2D eigenvalue weighted by atomic mass is 19.1. The van der Waals surface area contributed by atoms with Crippen LogP contribution in [0.4, 0.5) is 10.1 Å². The van der Waals surface area contributed by atoms with Gasteiger partial charge in [-0.2, -0.15) is 0 Å². The Kier molecular flexibility index (Phi) is 4.66. The summed E-state index contributed by atoms with van der Waals surface area (Å²) in [6.07, 6.45) is 4.20. The van der Waals surface area contributed by atoms with Crippen LogP contribution in [0.2, 0.25) is 0 Å². The van der Waals surface area contributed by atoms with Gasteiger partial charge in [0.05, 0.1) is 11.3 Å². The Morgan fingerprint density at radius 1 is 1.59 bits per heavy atom. The highest BCUT2D eigenvalue weighted by Crippen LogP contribution is 2.21. The van der Waals surface area contributed by atoms with E-state index < -0.39 is 11.8 Å². The van der Waals surface area contributed by atoms with Crippen LogP contribution in [0.3, 0.4) is 0 Å². The summed E-state index contributed by atoms with van der Waals surface area (Å²) < 4.78 is 13.2. The van der Waals surface area contributed by atoms with Gasteiger partial charge in [0.2, 0.25) is 0 Å². The number of rotatable bonds is 5. The Morgan fingerprint density at radius 2 is 2.29 bits per heavy atom. The highest BCUT2D eigenvalue weighted by molar-refractivity contribution is 5.95. The van der Waals surface area contributed by atoms with Crippen LogP contribution in [-0.4, -0.2) is 24.7 Å². The Labute approximate surface area is 98.9 Å². The van der Waals surface area contributed by atoms with Crippen LogP contribution in [0, 0.1) is 5.82 Å². The summed E-state index contributed by atoms with van der Waals surface area (Å²) in [5, 5.41) is 11.8. The smallest absolute Gasteiger partial charge is 0.337 e. The number of carboxylic acid groups (broad SMARTS) is 1. The first kappa shape index (κ1) is 13.2. The molecule has 17 heavy (non-hydrogen) atoms. The number of benzene rings is 1. The lowest BCUT2D eigenvalue weighted by molar-refractivity contribution is 0.0697. The van der Waals surface area contributed by atoms with Gasteiger partial charge in [-0.15, -0.1) is 0 Å². The number of halogens is 1. The number of aromatic carboxylic acids is 1. The summed E-state index contributed by atoms with van der Waals surface area (Å²) in [4.78, 5) is 10.8. The maximum atomic E-state index is 13.2. The van der Waals surface area contributed by atoms with E-state index in [4.69, 9.17) is 10.8 Å². The lowest BCUT2D eigenvalue weighted by Crippen LogP contribution is -2.06. The van der Waals surface area contributed by atoms with E-state index in [1.54, 1.807) is 6.08 Å². The zero-order valence-corrected chi connectivity index (χ0v) is 9.53. The minimum atomic E-state index is -1.23. The molecule has 1 rings (SSSR count). The molecule has 0 aromatic heterocycles. The average molecular weight is 238 g/mol. The first-order chi connectivity index (χ1) is 8.06. The fourth-order valence-corrected chi connectivity index (χ4v) is 1.39.